The molecule has 1 aromatic carbocycles. The highest BCUT2D eigenvalue weighted by atomic mass is 19.1. The van der Waals surface area contributed by atoms with Crippen LogP contribution < -0.4 is 4.74 Å². The van der Waals surface area contributed by atoms with Crippen LogP contribution in [-0.2, 0) is 6.54 Å². The summed E-state index contributed by atoms with van der Waals surface area (Å²) in [5, 5.41) is 0. The fourth-order valence-electron chi connectivity index (χ4n) is 3.06. The summed E-state index contributed by atoms with van der Waals surface area (Å²) in [5.74, 6) is 0.446. The lowest BCUT2D eigenvalue weighted by Crippen LogP contribution is -2.38. The highest BCUT2D eigenvalue weighted by Gasteiger charge is 2.27. The van der Waals surface area contributed by atoms with Gasteiger partial charge in [0, 0.05) is 30.4 Å². The zero-order valence-electron chi connectivity index (χ0n) is 13.1. The number of carbonyl (C=O) groups is 1. The maximum atomic E-state index is 13.8. The smallest absolute Gasteiger partial charge is 0.167 e. The van der Waals surface area contributed by atoms with Crippen molar-refractivity contribution in [3.8, 4) is 5.75 Å². The van der Waals surface area contributed by atoms with Crippen LogP contribution in [0.15, 0.2) is 30.6 Å². The zero-order chi connectivity index (χ0) is 16.2. The van der Waals surface area contributed by atoms with E-state index in [2.05, 4.69) is 14.9 Å². The number of ether oxygens (including phenoxy) is 1. The van der Waals surface area contributed by atoms with E-state index >= 15 is 0 Å². The predicted octanol–water partition coefficient (Wildman–Crippen LogP) is 2.65. The van der Waals surface area contributed by atoms with E-state index in [1.165, 1.54) is 19.2 Å². The Morgan fingerprint density at radius 1 is 1.52 bits per heavy atom. The zero-order valence-corrected chi connectivity index (χ0v) is 13.1. The van der Waals surface area contributed by atoms with Gasteiger partial charge >= 0.3 is 0 Å². The first-order valence-corrected chi connectivity index (χ1v) is 7.75. The molecular formula is C17H20FN3O2. The molecule has 1 atom stereocenters. The van der Waals surface area contributed by atoms with Crippen molar-refractivity contribution in [2.24, 2.45) is 5.92 Å². The second-order valence-corrected chi connectivity index (χ2v) is 5.82. The topological polar surface area (TPSA) is 58.2 Å². The van der Waals surface area contributed by atoms with Gasteiger partial charge < -0.3 is 9.72 Å². The third kappa shape index (κ3) is 3.59. The van der Waals surface area contributed by atoms with E-state index in [-0.39, 0.29) is 17.5 Å². The highest BCUT2D eigenvalue weighted by Crippen LogP contribution is 2.24. The number of ketones is 1. The molecule has 6 heteroatoms. The van der Waals surface area contributed by atoms with Crippen molar-refractivity contribution in [2.75, 3.05) is 20.2 Å². The molecule has 1 aliphatic heterocycles. The predicted molar refractivity (Wildman–Crippen MR) is 83.9 cm³/mol. The summed E-state index contributed by atoms with van der Waals surface area (Å²) in [7, 11) is 1.41. The fraction of sp³-hybridized carbons (Fsp3) is 0.412. The van der Waals surface area contributed by atoms with Gasteiger partial charge in [0.2, 0.25) is 0 Å². The number of hydrogen-bond acceptors (Lipinski definition) is 4. The number of benzene rings is 1. The molecular weight excluding hydrogens is 297 g/mol. The van der Waals surface area contributed by atoms with E-state index in [1.807, 2.05) is 0 Å². The second kappa shape index (κ2) is 6.91. The maximum absolute atomic E-state index is 13.8. The van der Waals surface area contributed by atoms with Gasteiger partial charge in [0.15, 0.2) is 17.3 Å². The standard InChI is InChI=1S/C17H20FN3O2/c1-23-15-5-4-12(9-14(15)18)17(22)13-3-2-8-21(10-13)11-16-19-6-7-20-16/h4-7,9,13H,2-3,8,10-11H2,1H3,(H,19,20). The monoisotopic (exact) mass is 317 g/mol. The number of H-pyrrole nitrogens is 1. The van der Waals surface area contributed by atoms with Crippen LogP contribution in [0, 0.1) is 11.7 Å². The molecule has 1 aliphatic rings. The van der Waals surface area contributed by atoms with Crippen molar-refractivity contribution in [3.63, 3.8) is 0 Å². The van der Waals surface area contributed by atoms with Crippen LogP contribution in [0.1, 0.15) is 29.0 Å². The molecule has 1 aromatic heterocycles. The lowest BCUT2D eigenvalue weighted by Gasteiger charge is -2.31. The number of likely N-dealkylation sites (tertiary alicyclic amines) is 1. The molecule has 0 amide bonds. The summed E-state index contributed by atoms with van der Waals surface area (Å²) in [6.45, 7) is 2.32. The Kier molecular flexibility index (Phi) is 4.71. The van der Waals surface area contributed by atoms with E-state index in [9.17, 15) is 9.18 Å². The molecule has 3 rings (SSSR count). The Morgan fingerprint density at radius 2 is 2.39 bits per heavy atom. The molecule has 1 unspecified atom stereocenters. The number of nitrogens with one attached hydrogen (secondary N) is 1. The third-order valence-electron chi connectivity index (χ3n) is 4.24. The van der Waals surface area contributed by atoms with Gasteiger partial charge in [0.1, 0.15) is 5.82 Å². The van der Waals surface area contributed by atoms with Gasteiger partial charge in [-0.2, -0.15) is 0 Å². The van der Waals surface area contributed by atoms with Crippen molar-refractivity contribution < 1.29 is 13.9 Å². The Balaban J connectivity index is 1.68. The third-order valence-corrected chi connectivity index (χ3v) is 4.24. The Morgan fingerprint density at radius 3 is 3.09 bits per heavy atom. The quantitative estimate of drug-likeness (QED) is 0.861. The van der Waals surface area contributed by atoms with Crippen LogP contribution in [0.2, 0.25) is 0 Å². The minimum atomic E-state index is -0.499. The summed E-state index contributed by atoms with van der Waals surface area (Å²) in [5.41, 5.74) is 0.410. The molecule has 2 heterocycles. The maximum Gasteiger partial charge on any atom is 0.167 e. The fourth-order valence-corrected chi connectivity index (χ4v) is 3.06. The van der Waals surface area contributed by atoms with Crippen molar-refractivity contribution >= 4 is 5.78 Å². The molecule has 1 saturated heterocycles. The first-order chi connectivity index (χ1) is 11.2. The van der Waals surface area contributed by atoms with Gasteiger partial charge in [-0.3, -0.25) is 9.69 Å². The van der Waals surface area contributed by atoms with E-state index < -0.39 is 5.82 Å². The number of halogens is 1. The van der Waals surface area contributed by atoms with Gasteiger partial charge in [0.25, 0.3) is 0 Å². The number of aromatic nitrogens is 2. The summed E-state index contributed by atoms with van der Waals surface area (Å²) in [4.78, 5) is 22.2. The number of Topliss-reactive ketones (excluding diaryl/α,β-unsaturated/α-hetero) is 1. The van der Waals surface area contributed by atoms with Crippen LogP contribution in [0.4, 0.5) is 4.39 Å². The van der Waals surface area contributed by atoms with Gasteiger partial charge in [0.05, 0.1) is 13.7 Å². The second-order valence-electron chi connectivity index (χ2n) is 5.82. The highest BCUT2D eigenvalue weighted by molar-refractivity contribution is 5.98. The molecule has 5 nitrogen and oxygen atoms in total. The number of nitrogens with zero attached hydrogens (tertiary/aromatic N) is 2. The number of hydrogen-bond donors (Lipinski definition) is 1. The summed E-state index contributed by atoms with van der Waals surface area (Å²) in [6.07, 6.45) is 5.31. The SMILES string of the molecule is COc1ccc(C(=O)C2CCCN(Cc3ncc[nH]3)C2)cc1F. The van der Waals surface area contributed by atoms with Crippen LogP contribution in [0.3, 0.4) is 0 Å². The molecule has 1 N–H and O–H groups in total. The Labute approximate surface area is 134 Å². The first kappa shape index (κ1) is 15.7. The van der Waals surface area contributed by atoms with Crippen LogP contribution in [0.5, 0.6) is 5.75 Å². The summed E-state index contributed by atoms with van der Waals surface area (Å²) < 4.78 is 18.7. The molecule has 0 spiro atoms. The minimum absolute atomic E-state index is 0.00398. The van der Waals surface area contributed by atoms with Crippen molar-refractivity contribution in [3.05, 3.63) is 47.8 Å². The molecule has 0 aliphatic carbocycles. The number of carbonyl (C=O) groups excluding carboxylic acids is 1. The van der Waals surface area contributed by atoms with E-state index in [1.54, 1.807) is 18.5 Å². The Hall–Kier alpha value is -2.21. The van der Waals surface area contributed by atoms with Crippen LogP contribution in [0.25, 0.3) is 0 Å². The number of piperidine rings is 1. The molecule has 23 heavy (non-hydrogen) atoms. The molecule has 0 bridgehead atoms. The van der Waals surface area contributed by atoms with Gasteiger partial charge in [-0.15, -0.1) is 0 Å². The number of methoxy groups -OCH3 is 1. The van der Waals surface area contributed by atoms with Gasteiger partial charge in [-0.05, 0) is 37.6 Å². The van der Waals surface area contributed by atoms with Crippen molar-refractivity contribution in [1.29, 1.82) is 0 Å². The molecule has 0 radical (unpaired) electrons. The summed E-state index contributed by atoms with van der Waals surface area (Å²) in [6, 6.07) is 4.41. The van der Waals surface area contributed by atoms with Gasteiger partial charge in [-0.25, -0.2) is 9.37 Å². The van der Waals surface area contributed by atoms with E-state index in [0.717, 1.165) is 25.2 Å². The normalized spacial score (nSPS) is 18.8. The van der Waals surface area contributed by atoms with Crippen LogP contribution in [-0.4, -0.2) is 40.9 Å². The average Bonchev–Trinajstić information content (AvgIpc) is 3.07. The summed E-state index contributed by atoms with van der Waals surface area (Å²) >= 11 is 0. The van der Waals surface area contributed by atoms with E-state index in [4.69, 9.17) is 4.74 Å². The average molecular weight is 317 g/mol. The van der Waals surface area contributed by atoms with Crippen LogP contribution >= 0.6 is 0 Å². The molecule has 122 valence electrons. The van der Waals surface area contributed by atoms with Crippen molar-refractivity contribution in [2.45, 2.75) is 19.4 Å². The lowest BCUT2D eigenvalue weighted by atomic mass is 9.90. The number of imidazole rings is 1. The van der Waals surface area contributed by atoms with Gasteiger partial charge in [-0.1, -0.05) is 0 Å². The number of rotatable bonds is 5. The van der Waals surface area contributed by atoms with Crippen molar-refractivity contribution in [1.82, 2.24) is 14.9 Å². The molecule has 2 aromatic rings. The minimum Gasteiger partial charge on any atom is -0.494 e. The first-order valence-electron chi connectivity index (χ1n) is 7.75. The molecule has 0 saturated carbocycles. The molecule has 1 fully saturated rings. The largest absolute Gasteiger partial charge is 0.494 e. The van der Waals surface area contributed by atoms with E-state index in [0.29, 0.717) is 18.7 Å². The number of aromatic amines is 1. The Bertz CT molecular complexity index is 672. The lowest BCUT2D eigenvalue weighted by molar-refractivity contribution is 0.0808.